The van der Waals surface area contributed by atoms with E-state index in [9.17, 15) is 30.3 Å². The number of hydrogen-bond acceptors (Lipinski definition) is 8. The number of carbonyl (C=O) groups excluding carboxylic acids is 1. The molecule has 1 heterocycles. The zero-order valence-electron chi connectivity index (χ0n) is 53.3. The summed E-state index contributed by atoms with van der Waals surface area (Å²) in [5.74, 6) is -0.143. The number of ether oxygens (including phenoxy) is 2. The van der Waals surface area contributed by atoms with Gasteiger partial charge in [-0.2, -0.15) is 0 Å². The first kappa shape index (κ1) is 77.2. The zero-order chi connectivity index (χ0) is 58.6. The van der Waals surface area contributed by atoms with Gasteiger partial charge < -0.3 is 40.3 Å². The van der Waals surface area contributed by atoms with Gasteiger partial charge in [0.15, 0.2) is 6.29 Å². The number of nitrogens with one attached hydrogen (secondary N) is 1. The summed E-state index contributed by atoms with van der Waals surface area (Å²) in [5.41, 5.74) is 0. The van der Waals surface area contributed by atoms with Crippen LogP contribution in [-0.4, -0.2) is 87.5 Å². The van der Waals surface area contributed by atoms with Crippen molar-refractivity contribution in [1.82, 2.24) is 5.32 Å². The van der Waals surface area contributed by atoms with Crippen molar-refractivity contribution in [2.24, 2.45) is 0 Å². The third-order valence-corrected chi connectivity index (χ3v) is 16.9. The molecular weight excluding hydrogens is 1010 g/mol. The molecule has 6 N–H and O–H groups in total. The number of carbonyl (C=O) groups is 1. The summed E-state index contributed by atoms with van der Waals surface area (Å²) < 4.78 is 11.4. The molecule has 476 valence electrons. The van der Waals surface area contributed by atoms with Gasteiger partial charge in [0.25, 0.3) is 0 Å². The second-order valence-corrected chi connectivity index (χ2v) is 24.7. The van der Waals surface area contributed by atoms with Crippen LogP contribution in [-0.2, 0) is 14.3 Å². The Morgan fingerprint density at radius 3 is 1.14 bits per heavy atom. The number of aliphatic hydroxyl groups is 5. The Labute approximate surface area is 501 Å². The van der Waals surface area contributed by atoms with E-state index in [1.54, 1.807) is 0 Å². The number of aliphatic hydroxyl groups excluding tert-OH is 5. The lowest BCUT2D eigenvalue weighted by Gasteiger charge is -2.40. The summed E-state index contributed by atoms with van der Waals surface area (Å²) in [6, 6.07) is -0.723. The predicted octanol–water partition coefficient (Wildman–Crippen LogP) is 19.2. The van der Waals surface area contributed by atoms with Crippen LogP contribution >= 0.6 is 0 Å². The molecule has 0 saturated carbocycles. The molecule has 0 aromatic rings. The number of allylic oxidation sites excluding steroid dienone is 8. The van der Waals surface area contributed by atoms with E-state index >= 15 is 0 Å². The summed E-state index contributed by atoms with van der Waals surface area (Å²) in [5, 5.41) is 55.0. The van der Waals surface area contributed by atoms with Crippen LogP contribution in [0.4, 0.5) is 0 Å². The Kier molecular flexibility index (Phi) is 58.3. The molecule has 1 saturated heterocycles. The van der Waals surface area contributed by atoms with E-state index in [-0.39, 0.29) is 12.5 Å². The van der Waals surface area contributed by atoms with Crippen molar-refractivity contribution in [3.05, 3.63) is 48.6 Å². The van der Waals surface area contributed by atoms with Crippen LogP contribution in [0.25, 0.3) is 0 Å². The molecule has 1 aliphatic heterocycles. The van der Waals surface area contributed by atoms with Crippen molar-refractivity contribution in [2.75, 3.05) is 13.2 Å². The maximum Gasteiger partial charge on any atom is 0.220 e. The minimum absolute atomic E-state index is 0.138. The van der Waals surface area contributed by atoms with Crippen molar-refractivity contribution in [3.63, 3.8) is 0 Å². The molecule has 9 heteroatoms. The van der Waals surface area contributed by atoms with Crippen LogP contribution in [0.1, 0.15) is 348 Å². The Bertz CT molecular complexity index is 1420. The van der Waals surface area contributed by atoms with E-state index in [0.717, 1.165) is 64.2 Å². The lowest BCUT2D eigenvalue weighted by Crippen LogP contribution is -2.60. The normalized spacial score (nSPS) is 18.6. The van der Waals surface area contributed by atoms with E-state index in [1.165, 1.54) is 257 Å². The number of unbranched alkanes of at least 4 members (excludes halogenated alkanes) is 44. The van der Waals surface area contributed by atoms with Gasteiger partial charge in [-0.05, 0) is 51.4 Å². The van der Waals surface area contributed by atoms with Crippen molar-refractivity contribution in [1.29, 1.82) is 0 Å². The van der Waals surface area contributed by atoms with Gasteiger partial charge in [0.1, 0.15) is 24.4 Å². The maximum atomic E-state index is 13.1. The van der Waals surface area contributed by atoms with E-state index < -0.39 is 49.5 Å². The third kappa shape index (κ3) is 50.1. The molecule has 7 unspecified atom stereocenters. The van der Waals surface area contributed by atoms with Crippen LogP contribution in [0.5, 0.6) is 0 Å². The third-order valence-electron chi connectivity index (χ3n) is 16.9. The van der Waals surface area contributed by atoms with Gasteiger partial charge in [-0.1, -0.05) is 339 Å². The quantitative estimate of drug-likeness (QED) is 0.0261. The fourth-order valence-corrected chi connectivity index (χ4v) is 11.5. The molecule has 0 spiro atoms. The molecule has 0 bridgehead atoms. The number of hydrogen-bond donors (Lipinski definition) is 6. The molecule has 81 heavy (non-hydrogen) atoms. The molecule has 1 amide bonds. The van der Waals surface area contributed by atoms with Gasteiger partial charge in [-0.3, -0.25) is 4.79 Å². The van der Waals surface area contributed by atoms with Crippen LogP contribution in [0.3, 0.4) is 0 Å². The second-order valence-electron chi connectivity index (χ2n) is 24.7. The zero-order valence-corrected chi connectivity index (χ0v) is 53.3. The standard InChI is InChI=1S/C72H135NO8/c1-3-5-7-9-11-13-15-17-19-21-23-25-27-29-30-31-32-33-34-35-36-38-39-41-43-45-47-49-51-53-55-57-59-61-66(75)65(64-80-72-71(79)70(78)69(77)67(63-74)81-72)73-68(76)62-60-58-56-54-52-50-48-46-44-42-40-37-28-26-24-22-20-18-16-14-12-10-8-6-4-2/h6,8,12,14,18,20,24,26,65-67,69-72,74-75,77-79H,3-5,7,9-11,13,15-17,19,21-23,25,27-64H2,1-2H3,(H,73,76)/b8-6-,14-12-,20-18-,26-24-. The summed E-state index contributed by atoms with van der Waals surface area (Å²) in [4.78, 5) is 13.1. The highest BCUT2D eigenvalue weighted by molar-refractivity contribution is 5.76. The summed E-state index contributed by atoms with van der Waals surface area (Å²) in [7, 11) is 0. The first-order valence-electron chi connectivity index (χ1n) is 35.3. The topological polar surface area (TPSA) is 149 Å². The molecule has 1 aliphatic rings. The molecule has 0 aromatic carbocycles. The van der Waals surface area contributed by atoms with E-state index in [4.69, 9.17) is 9.47 Å². The lowest BCUT2D eigenvalue weighted by molar-refractivity contribution is -0.302. The van der Waals surface area contributed by atoms with Crippen molar-refractivity contribution >= 4 is 5.91 Å². The summed E-state index contributed by atoms with van der Waals surface area (Å²) in [6.45, 7) is 3.77. The van der Waals surface area contributed by atoms with Gasteiger partial charge >= 0.3 is 0 Å². The van der Waals surface area contributed by atoms with E-state index in [0.29, 0.717) is 12.8 Å². The minimum atomic E-state index is -1.56. The van der Waals surface area contributed by atoms with Gasteiger partial charge in [0.2, 0.25) is 5.91 Å². The first-order chi connectivity index (χ1) is 39.8. The van der Waals surface area contributed by atoms with Crippen molar-refractivity contribution in [3.8, 4) is 0 Å². The lowest BCUT2D eigenvalue weighted by atomic mass is 9.99. The Morgan fingerprint density at radius 1 is 0.432 bits per heavy atom. The monoisotopic (exact) mass is 1140 g/mol. The first-order valence-corrected chi connectivity index (χ1v) is 35.3. The van der Waals surface area contributed by atoms with Gasteiger partial charge in [-0.15, -0.1) is 0 Å². The van der Waals surface area contributed by atoms with Gasteiger partial charge in [-0.25, -0.2) is 0 Å². The SMILES string of the molecule is CC/C=C\C/C=C\C/C=C\C/C=C\CCCCCCCCCCCCCCC(=O)NC(COC1OC(CO)C(O)C(O)C1O)C(O)CCCCCCCCCCCCCCCCCCCCCCCCCCCCCCCCCCC. The molecule has 0 radical (unpaired) electrons. The minimum Gasteiger partial charge on any atom is -0.394 e. The fraction of sp³-hybridized carbons (Fsp3) is 0.875. The van der Waals surface area contributed by atoms with Crippen molar-refractivity contribution in [2.45, 2.75) is 391 Å². The van der Waals surface area contributed by atoms with E-state index in [2.05, 4.69) is 67.8 Å². The fourth-order valence-electron chi connectivity index (χ4n) is 11.5. The van der Waals surface area contributed by atoms with Crippen LogP contribution in [0, 0.1) is 0 Å². The summed E-state index contributed by atoms with van der Waals surface area (Å²) >= 11 is 0. The predicted molar refractivity (Wildman–Crippen MR) is 346 cm³/mol. The average Bonchev–Trinajstić information content (AvgIpc) is 3.49. The molecule has 9 nitrogen and oxygen atoms in total. The average molecular weight is 1140 g/mol. The van der Waals surface area contributed by atoms with Crippen LogP contribution in [0.2, 0.25) is 0 Å². The summed E-state index contributed by atoms with van der Waals surface area (Å²) in [6.07, 6.45) is 76.1. The highest BCUT2D eigenvalue weighted by atomic mass is 16.7. The molecule has 1 rings (SSSR count). The van der Waals surface area contributed by atoms with E-state index in [1.807, 2.05) is 0 Å². The Morgan fingerprint density at radius 2 is 0.765 bits per heavy atom. The number of amides is 1. The Hall–Kier alpha value is -1.85. The van der Waals surface area contributed by atoms with Crippen LogP contribution < -0.4 is 5.32 Å². The second kappa shape index (κ2) is 61.2. The maximum absolute atomic E-state index is 13.1. The smallest absolute Gasteiger partial charge is 0.220 e. The largest absolute Gasteiger partial charge is 0.394 e. The Balaban J connectivity index is 2.10. The van der Waals surface area contributed by atoms with Gasteiger partial charge in [0, 0.05) is 6.42 Å². The van der Waals surface area contributed by atoms with Crippen molar-refractivity contribution < 1.29 is 39.8 Å². The van der Waals surface area contributed by atoms with Crippen LogP contribution in [0.15, 0.2) is 48.6 Å². The molecular formula is C72H135NO8. The molecule has 1 fully saturated rings. The van der Waals surface area contributed by atoms with Gasteiger partial charge in [0.05, 0.1) is 25.4 Å². The molecule has 0 aromatic heterocycles. The highest BCUT2D eigenvalue weighted by Gasteiger charge is 2.44. The molecule has 0 aliphatic carbocycles. The number of rotatable bonds is 62. The molecule has 7 atom stereocenters. The highest BCUT2D eigenvalue weighted by Crippen LogP contribution is 2.24.